The highest BCUT2D eigenvalue weighted by Crippen LogP contribution is 2.31. The van der Waals surface area contributed by atoms with E-state index < -0.39 is 36.0 Å². The molecule has 3 aromatic carbocycles. The van der Waals surface area contributed by atoms with Gasteiger partial charge in [0.2, 0.25) is 23.6 Å². The van der Waals surface area contributed by atoms with Gasteiger partial charge in [-0.1, -0.05) is 64.4 Å². The molecular weight excluding hydrogens is 1150 g/mol. The van der Waals surface area contributed by atoms with Crippen molar-refractivity contribution < 1.29 is 52.7 Å². The van der Waals surface area contributed by atoms with Gasteiger partial charge in [-0.15, -0.1) is 0 Å². The van der Waals surface area contributed by atoms with Gasteiger partial charge in [-0.2, -0.15) is 0 Å². The van der Waals surface area contributed by atoms with E-state index in [1.165, 1.54) is 12.2 Å². The maximum Gasteiger partial charge on any atom is 0.407 e. The van der Waals surface area contributed by atoms with Crippen LogP contribution in [0.1, 0.15) is 141 Å². The number of rotatable bonds is 31. The van der Waals surface area contributed by atoms with Gasteiger partial charge in [0.05, 0.1) is 17.6 Å². The number of hydrogen-bond donors (Lipinski definition) is 9. The Kier molecular flexibility index (Phi) is 25.3. The molecule has 90 heavy (non-hydrogen) atoms. The van der Waals surface area contributed by atoms with Crippen molar-refractivity contribution in [1.29, 1.82) is 0 Å². The number of aromatic nitrogens is 1. The highest BCUT2D eigenvalue weighted by Gasteiger charge is 2.30. The second-order valence-corrected chi connectivity index (χ2v) is 23.0. The van der Waals surface area contributed by atoms with Crippen molar-refractivity contribution in [2.45, 2.75) is 130 Å². The summed E-state index contributed by atoms with van der Waals surface area (Å²) >= 11 is 0. The Morgan fingerprint density at radius 2 is 1.44 bits per heavy atom. The number of carbonyl (C=O) groups is 10. The Morgan fingerprint density at radius 3 is 2.14 bits per heavy atom. The molecule has 0 saturated heterocycles. The largest absolute Gasteiger partial charge is 0.445 e. The summed E-state index contributed by atoms with van der Waals surface area (Å²) in [5.41, 5.74) is 18.9. The Balaban J connectivity index is 0.805. The number of alkyl carbamates (subject to hydrolysis) is 1. The van der Waals surface area contributed by atoms with Crippen LogP contribution in [0.4, 0.5) is 26.7 Å². The molecule has 3 heterocycles. The first kappa shape index (κ1) is 67.8. The molecule has 4 aromatic rings. The van der Waals surface area contributed by atoms with Crippen molar-refractivity contribution in [3.63, 3.8) is 0 Å². The minimum absolute atomic E-state index is 0.0561. The summed E-state index contributed by atoms with van der Waals surface area (Å²) in [5.74, 6) is -2.64. The third kappa shape index (κ3) is 20.4. The number of nitrogens with one attached hydrogen (secondary N) is 7. The van der Waals surface area contributed by atoms with Gasteiger partial charge in [-0.05, 0) is 141 Å². The number of unbranched alkanes of at least 4 members (excludes halogenated alkanes) is 2. The van der Waals surface area contributed by atoms with Crippen molar-refractivity contribution in [1.82, 2.24) is 41.4 Å². The Labute approximate surface area is 524 Å². The zero-order valence-electron chi connectivity index (χ0n) is 51.6. The number of nitrogens with zero attached hydrogens (tertiary/aromatic N) is 4. The monoisotopic (exact) mass is 1230 g/mol. The first-order chi connectivity index (χ1) is 43.3. The van der Waals surface area contributed by atoms with Crippen molar-refractivity contribution in [3.05, 3.63) is 136 Å². The summed E-state index contributed by atoms with van der Waals surface area (Å²) in [5, 5.41) is 19.2. The molecule has 0 fully saturated rings. The highest BCUT2D eigenvalue weighted by molar-refractivity contribution is 6.13. The number of anilines is 2. The summed E-state index contributed by atoms with van der Waals surface area (Å²) < 4.78 is 5.37. The van der Waals surface area contributed by atoms with Gasteiger partial charge < -0.3 is 58.3 Å². The molecule has 0 spiro atoms. The van der Waals surface area contributed by atoms with Crippen LogP contribution in [0.25, 0.3) is 6.08 Å². The first-order valence-corrected chi connectivity index (χ1v) is 30.9. The van der Waals surface area contributed by atoms with E-state index in [1.807, 2.05) is 43.0 Å². The average Bonchev–Trinajstić information content (AvgIpc) is 1.59. The molecule has 1 aromatic heterocycles. The zero-order chi connectivity index (χ0) is 64.7. The number of aryl methyl sites for hydroxylation is 1. The van der Waals surface area contributed by atoms with Gasteiger partial charge in [0.25, 0.3) is 23.6 Å². The number of benzene rings is 3. The third-order valence-corrected chi connectivity index (χ3v) is 15.5. The Bertz CT molecular complexity index is 3340. The molecule has 24 nitrogen and oxygen atoms in total. The van der Waals surface area contributed by atoms with Crippen LogP contribution in [-0.2, 0) is 59.4 Å². The maximum absolute atomic E-state index is 13.6. The number of fused-ring (bicyclic) bond motifs is 2. The van der Waals surface area contributed by atoms with Crippen LogP contribution in [0, 0.1) is 11.8 Å². The number of ether oxygens (including phenoxy) is 1. The van der Waals surface area contributed by atoms with Crippen LogP contribution < -0.4 is 48.7 Å². The number of nitrogens with two attached hydrogens (primary N) is 2. The van der Waals surface area contributed by atoms with Crippen LogP contribution >= 0.6 is 0 Å². The zero-order valence-corrected chi connectivity index (χ0v) is 51.6. The minimum atomic E-state index is -1.06. The summed E-state index contributed by atoms with van der Waals surface area (Å²) in [4.78, 5) is 140. The molecule has 7 rings (SSSR count). The fourth-order valence-corrected chi connectivity index (χ4v) is 10.8. The van der Waals surface area contributed by atoms with E-state index in [4.69, 9.17) is 21.2 Å². The van der Waals surface area contributed by atoms with Crippen molar-refractivity contribution in [2.24, 2.45) is 28.3 Å². The summed E-state index contributed by atoms with van der Waals surface area (Å²) in [6.45, 7) is 9.45. The number of pyridine rings is 1. The van der Waals surface area contributed by atoms with Gasteiger partial charge in [0.1, 0.15) is 24.5 Å². The number of imide groups is 1. The molecule has 11 N–H and O–H groups in total. The normalized spacial score (nSPS) is 14.8. The van der Waals surface area contributed by atoms with E-state index in [9.17, 15) is 47.9 Å². The number of carbonyl (C=O) groups excluding carboxylic acids is 10. The molecule has 0 radical (unpaired) electrons. The van der Waals surface area contributed by atoms with Crippen molar-refractivity contribution >= 4 is 88.4 Å². The number of hydrogen-bond acceptors (Lipinski definition) is 14. The standard InChI is InChI=1S/C66H83N13O11/c1-5-30-78(31-6-2)64(87)49-35-46-20-21-47(37-54(46)75-55(67)38-49)61(84)74-51-36-48-34-44(17-24-52(48)72-39-51)33-42-13-18-45(19-14-42)60(83)69-28-29-71-66(89)90-40-43-15-22-50(23-16-43)73-62(85)53(11-10-27-70-65(68)88)76-63(86)59(41(3)4)77-56(80)12-8-7-9-32-79-57(81)25-26-58(79)82/h13-16,18-23,25-26,35-37,39,41,44,53,59H,5-12,17,24,27-34,38,40H2,1-4H3,(H2,67,75)(H,69,83)(H,71,89)(H,73,85)(H,74,84)(H,76,86)(H,77,80)(H3,68,70,88). The summed E-state index contributed by atoms with van der Waals surface area (Å²) in [7, 11) is 0. The molecule has 0 bridgehead atoms. The van der Waals surface area contributed by atoms with Crippen LogP contribution in [-0.4, -0.2) is 131 Å². The number of urea groups is 1. The Hall–Kier alpha value is -9.74. The lowest BCUT2D eigenvalue weighted by Crippen LogP contribution is -2.54. The van der Waals surface area contributed by atoms with E-state index in [-0.39, 0.29) is 99.8 Å². The highest BCUT2D eigenvalue weighted by atomic mass is 16.5. The van der Waals surface area contributed by atoms with Gasteiger partial charge >= 0.3 is 12.1 Å². The van der Waals surface area contributed by atoms with Crippen LogP contribution in [0.3, 0.4) is 0 Å². The molecule has 478 valence electrons. The van der Waals surface area contributed by atoms with Crippen molar-refractivity contribution in [3.8, 4) is 0 Å². The fourth-order valence-electron chi connectivity index (χ4n) is 10.8. The maximum atomic E-state index is 13.6. The number of aliphatic imine (C=N–C) groups is 1. The summed E-state index contributed by atoms with van der Waals surface area (Å²) in [6, 6.07) is 18.3. The summed E-state index contributed by atoms with van der Waals surface area (Å²) in [6.07, 6.45) is 12.5. The molecule has 3 unspecified atom stereocenters. The first-order valence-electron chi connectivity index (χ1n) is 30.9. The smallest absolute Gasteiger partial charge is 0.407 e. The minimum Gasteiger partial charge on any atom is -0.445 e. The lowest BCUT2D eigenvalue weighted by Gasteiger charge is -2.25. The van der Waals surface area contributed by atoms with E-state index in [0.717, 1.165) is 60.2 Å². The molecule has 3 aliphatic rings. The third-order valence-electron chi connectivity index (χ3n) is 15.5. The topological polar surface area (TPSA) is 348 Å². The second kappa shape index (κ2) is 33.6. The predicted octanol–water partition coefficient (Wildman–Crippen LogP) is 6.26. The second-order valence-electron chi connectivity index (χ2n) is 23.0. The molecule has 3 atom stereocenters. The molecule has 24 heteroatoms. The fraction of sp³-hybridized carbons (Fsp3) is 0.424. The number of amides is 11. The van der Waals surface area contributed by atoms with E-state index in [2.05, 4.69) is 42.2 Å². The van der Waals surface area contributed by atoms with E-state index >= 15 is 0 Å². The van der Waals surface area contributed by atoms with Crippen molar-refractivity contribution in [2.75, 3.05) is 49.9 Å². The molecule has 0 saturated carbocycles. The van der Waals surface area contributed by atoms with Crippen LogP contribution in [0.15, 0.2) is 102 Å². The van der Waals surface area contributed by atoms with Crippen LogP contribution in [0.5, 0.6) is 0 Å². The quantitative estimate of drug-likeness (QED) is 0.0199. The van der Waals surface area contributed by atoms with E-state index in [0.29, 0.717) is 89.0 Å². The number of amidine groups is 1. The van der Waals surface area contributed by atoms with E-state index in [1.54, 1.807) is 74.6 Å². The van der Waals surface area contributed by atoms with Crippen LogP contribution in [0.2, 0.25) is 0 Å². The van der Waals surface area contributed by atoms with Gasteiger partial charge in [-0.3, -0.25) is 48.2 Å². The number of primary amides is 1. The van der Waals surface area contributed by atoms with Gasteiger partial charge in [0.15, 0.2) is 0 Å². The average molecular weight is 1230 g/mol. The lowest BCUT2D eigenvalue weighted by atomic mass is 9.82. The lowest BCUT2D eigenvalue weighted by molar-refractivity contribution is -0.137. The van der Waals surface area contributed by atoms with Gasteiger partial charge in [-0.25, -0.2) is 14.6 Å². The molecule has 1 aliphatic carbocycles. The SMILES string of the molecule is CCCN(CCC)C(=O)C1=Cc2ccc(C(=O)Nc3cnc4c(c3)CC(Cc3ccc(C(=O)NCCNC(=O)OCc5ccc(NC(=O)C(CCCNC(N)=O)NC(=O)C(NC(=O)CCCCCN6C(=O)C=CC6=O)C(C)C)cc5)cc3)CC4)cc2N=C(N)C1. The molecule has 2 aliphatic heterocycles. The van der Waals surface area contributed by atoms with Gasteiger partial charge in [0, 0.05) is 97.9 Å². The Morgan fingerprint density at radius 1 is 0.744 bits per heavy atom. The molecule has 11 amide bonds. The predicted molar refractivity (Wildman–Crippen MR) is 341 cm³/mol. The molecular formula is C66H83N13O11.